The lowest BCUT2D eigenvalue weighted by Gasteiger charge is -2.25. The van der Waals surface area contributed by atoms with E-state index < -0.39 is 0 Å². The summed E-state index contributed by atoms with van der Waals surface area (Å²) in [6.45, 7) is 2.94. The number of hydrogen-bond acceptors (Lipinski definition) is 4. The highest BCUT2D eigenvalue weighted by Crippen LogP contribution is 2.33. The van der Waals surface area contributed by atoms with E-state index in [0.717, 1.165) is 30.1 Å². The third kappa shape index (κ3) is 3.55. The smallest absolute Gasteiger partial charge is 0.228 e. The maximum Gasteiger partial charge on any atom is 0.228 e. The van der Waals surface area contributed by atoms with Gasteiger partial charge in [-0.25, -0.2) is 4.98 Å². The van der Waals surface area contributed by atoms with Crippen LogP contribution in [0.5, 0.6) is 0 Å². The summed E-state index contributed by atoms with van der Waals surface area (Å²) in [4.78, 5) is 23.6. The highest BCUT2D eigenvalue weighted by atomic mass is 32.1. The number of anilines is 1. The fourth-order valence-electron chi connectivity index (χ4n) is 3.13. The minimum absolute atomic E-state index is 0.185. The number of aryl methyl sites for hydroxylation is 1. The molecule has 3 heterocycles. The molecular formula is C18H23N3OS. The normalized spacial score (nSPS) is 17.5. The Hall–Kier alpha value is -1.88. The predicted octanol–water partition coefficient (Wildman–Crippen LogP) is 3.42. The average molecular weight is 329 g/mol. The molecule has 2 aromatic rings. The van der Waals surface area contributed by atoms with Crippen molar-refractivity contribution in [3.8, 4) is 0 Å². The standard InChI is InChI=1S/C18H23N3OS/c1-13-6-7-15(23-13)12-18(22)21-10-4-5-16(21)14-8-9-19-17(11-14)20(2)3/h6-9,11,16H,4-5,10,12H2,1-3H3. The molecule has 1 unspecified atom stereocenters. The molecule has 0 aliphatic carbocycles. The number of nitrogens with zero attached hydrogens (tertiary/aromatic N) is 3. The monoisotopic (exact) mass is 329 g/mol. The zero-order chi connectivity index (χ0) is 16.4. The Kier molecular flexibility index (Phi) is 4.66. The molecule has 1 aliphatic rings. The van der Waals surface area contributed by atoms with Gasteiger partial charge in [0.25, 0.3) is 0 Å². The van der Waals surface area contributed by atoms with Gasteiger partial charge in [0.05, 0.1) is 12.5 Å². The molecule has 1 amide bonds. The van der Waals surface area contributed by atoms with Crippen LogP contribution in [0.15, 0.2) is 30.5 Å². The van der Waals surface area contributed by atoms with Gasteiger partial charge in [0, 0.05) is 36.6 Å². The van der Waals surface area contributed by atoms with Crippen LogP contribution in [0.2, 0.25) is 0 Å². The summed E-state index contributed by atoms with van der Waals surface area (Å²) in [5.41, 5.74) is 1.19. The second-order valence-electron chi connectivity index (χ2n) is 6.28. The summed E-state index contributed by atoms with van der Waals surface area (Å²) in [6, 6.07) is 8.48. The largest absolute Gasteiger partial charge is 0.363 e. The van der Waals surface area contributed by atoms with Crippen molar-refractivity contribution in [1.82, 2.24) is 9.88 Å². The molecule has 4 nitrogen and oxygen atoms in total. The Bertz CT molecular complexity index is 695. The molecular weight excluding hydrogens is 306 g/mol. The fraction of sp³-hybridized carbons (Fsp3) is 0.444. The topological polar surface area (TPSA) is 36.4 Å². The average Bonchev–Trinajstić information content (AvgIpc) is 3.16. The van der Waals surface area contributed by atoms with E-state index in [-0.39, 0.29) is 11.9 Å². The molecule has 1 saturated heterocycles. The molecule has 0 saturated carbocycles. The SMILES string of the molecule is Cc1ccc(CC(=O)N2CCCC2c2ccnc(N(C)C)c2)s1. The van der Waals surface area contributed by atoms with E-state index >= 15 is 0 Å². The lowest BCUT2D eigenvalue weighted by Crippen LogP contribution is -2.31. The zero-order valence-corrected chi connectivity index (χ0v) is 14.8. The van der Waals surface area contributed by atoms with Crippen LogP contribution in [-0.2, 0) is 11.2 Å². The quantitative estimate of drug-likeness (QED) is 0.862. The molecule has 0 N–H and O–H groups in total. The molecule has 1 aliphatic heterocycles. The molecule has 0 spiro atoms. The molecule has 3 rings (SSSR count). The van der Waals surface area contributed by atoms with Crippen molar-refractivity contribution in [2.24, 2.45) is 0 Å². The first-order chi connectivity index (χ1) is 11.0. The van der Waals surface area contributed by atoms with Crippen molar-refractivity contribution in [1.29, 1.82) is 0 Å². The van der Waals surface area contributed by atoms with E-state index in [2.05, 4.69) is 30.1 Å². The van der Waals surface area contributed by atoms with Gasteiger partial charge in [0.15, 0.2) is 0 Å². The van der Waals surface area contributed by atoms with E-state index in [1.807, 2.05) is 36.2 Å². The van der Waals surface area contributed by atoms with Gasteiger partial charge >= 0.3 is 0 Å². The summed E-state index contributed by atoms with van der Waals surface area (Å²) in [5.74, 6) is 1.17. The van der Waals surface area contributed by atoms with Crippen LogP contribution in [0.4, 0.5) is 5.82 Å². The Morgan fingerprint density at radius 2 is 2.22 bits per heavy atom. The fourth-order valence-corrected chi connectivity index (χ4v) is 4.01. The number of amides is 1. The number of pyridine rings is 1. The molecule has 0 aromatic carbocycles. The van der Waals surface area contributed by atoms with E-state index in [9.17, 15) is 4.79 Å². The van der Waals surface area contributed by atoms with Crippen LogP contribution < -0.4 is 4.90 Å². The van der Waals surface area contributed by atoms with Crippen molar-refractivity contribution in [3.05, 3.63) is 45.8 Å². The van der Waals surface area contributed by atoms with Gasteiger partial charge in [-0.1, -0.05) is 0 Å². The van der Waals surface area contributed by atoms with Crippen LogP contribution in [-0.4, -0.2) is 36.4 Å². The number of aromatic nitrogens is 1. The Balaban J connectivity index is 1.77. The summed E-state index contributed by atoms with van der Waals surface area (Å²) >= 11 is 1.71. The maximum atomic E-state index is 12.7. The summed E-state index contributed by atoms with van der Waals surface area (Å²) in [7, 11) is 3.98. The van der Waals surface area contributed by atoms with Gasteiger partial charge < -0.3 is 9.80 Å². The lowest BCUT2D eigenvalue weighted by molar-refractivity contribution is -0.131. The Morgan fingerprint density at radius 1 is 1.39 bits per heavy atom. The number of hydrogen-bond donors (Lipinski definition) is 0. The van der Waals surface area contributed by atoms with Crippen LogP contribution >= 0.6 is 11.3 Å². The summed E-state index contributed by atoms with van der Waals surface area (Å²) in [5, 5.41) is 0. The number of carbonyl (C=O) groups is 1. The molecule has 1 atom stereocenters. The van der Waals surface area contributed by atoms with E-state index in [4.69, 9.17) is 0 Å². The van der Waals surface area contributed by atoms with E-state index in [1.165, 1.54) is 10.4 Å². The zero-order valence-electron chi connectivity index (χ0n) is 14.0. The second kappa shape index (κ2) is 6.71. The van der Waals surface area contributed by atoms with Crippen molar-refractivity contribution < 1.29 is 4.79 Å². The number of rotatable bonds is 4. The number of thiophene rings is 1. The number of carbonyl (C=O) groups excluding carboxylic acids is 1. The Labute approximate surface area is 141 Å². The first kappa shape index (κ1) is 16.0. The minimum atomic E-state index is 0.185. The van der Waals surface area contributed by atoms with Gasteiger partial charge in [-0.05, 0) is 49.6 Å². The molecule has 1 fully saturated rings. The summed E-state index contributed by atoms with van der Waals surface area (Å²) < 4.78 is 0. The summed E-state index contributed by atoms with van der Waals surface area (Å²) in [6.07, 6.45) is 4.46. The minimum Gasteiger partial charge on any atom is -0.363 e. The highest BCUT2D eigenvalue weighted by Gasteiger charge is 2.30. The van der Waals surface area contributed by atoms with E-state index in [1.54, 1.807) is 11.3 Å². The molecule has 23 heavy (non-hydrogen) atoms. The van der Waals surface area contributed by atoms with Crippen molar-refractivity contribution >= 4 is 23.1 Å². The van der Waals surface area contributed by atoms with Gasteiger partial charge in [0.1, 0.15) is 5.82 Å². The highest BCUT2D eigenvalue weighted by molar-refractivity contribution is 7.12. The third-order valence-electron chi connectivity index (χ3n) is 4.31. The van der Waals surface area contributed by atoms with Gasteiger partial charge in [-0.15, -0.1) is 11.3 Å². The molecule has 0 bridgehead atoms. The van der Waals surface area contributed by atoms with Crippen LogP contribution in [0.1, 0.15) is 34.2 Å². The third-order valence-corrected chi connectivity index (χ3v) is 5.31. The predicted molar refractivity (Wildman–Crippen MR) is 95.0 cm³/mol. The van der Waals surface area contributed by atoms with Gasteiger partial charge in [-0.3, -0.25) is 4.79 Å². The van der Waals surface area contributed by atoms with E-state index in [0.29, 0.717) is 6.42 Å². The van der Waals surface area contributed by atoms with Crippen molar-refractivity contribution in [3.63, 3.8) is 0 Å². The first-order valence-corrected chi connectivity index (χ1v) is 8.84. The van der Waals surface area contributed by atoms with Crippen LogP contribution in [0, 0.1) is 6.92 Å². The van der Waals surface area contributed by atoms with Gasteiger partial charge in [-0.2, -0.15) is 0 Å². The maximum absolute atomic E-state index is 12.7. The van der Waals surface area contributed by atoms with Crippen LogP contribution in [0.25, 0.3) is 0 Å². The van der Waals surface area contributed by atoms with Gasteiger partial charge in [0.2, 0.25) is 5.91 Å². The number of likely N-dealkylation sites (tertiary alicyclic amines) is 1. The molecule has 2 aromatic heterocycles. The molecule has 5 heteroatoms. The molecule has 122 valence electrons. The Morgan fingerprint density at radius 3 is 2.91 bits per heavy atom. The lowest BCUT2D eigenvalue weighted by atomic mass is 10.1. The molecule has 0 radical (unpaired) electrons. The van der Waals surface area contributed by atoms with Crippen molar-refractivity contribution in [2.45, 2.75) is 32.2 Å². The van der Waals surface area contributed by atoms with Crippen LogP contribution in [0.3, 0.4) is 0 Å². The second-order valence-corrected chi connectivity index (χ2v) is 7.65. The van der Waals surface area contributed by atoms with Crippen molar-refractivity contribution in [2.75, 3.05) is 25.5 Å². The first-order valence-electron chi connectivity index (χ1n) is 8.02.